The molecule has 4 aromatic rings. The maximum atomic E-state index is 15.1. The Morgan fingerprint density at radius 1 is 0.395 bits per heavy atom. The van der Waals surface area contributed by atoms with E-state index in [9.17, 15) is 28.8 Å². The summed E-state index contributed by atoms with van der Waals surface area (Å²) in [4.78, 5) is 123. The van der Waals surface area contributed by atoms with Crippen LogP contribution in [0.5, 0.6) is 0 Å². The minimum atomic E-state index is -1.53. The average molecular weight is 1190 g/mol. The summed E-state index contributed by atoms with van der Waals surface area (Å²) in [6.07, 6.45) is 2.18. The third kappa shape index (κ3) is 17.4. The third-order valence-corrected chi connectivity index (χ3v) is 16.5. The molecule has 2 saturated carbocycles. The van der Waals surface area contributed by atoms with Crippen molar-refractivity contribution in [3.05, 3.63) is 107 Å². The smallest absolute Gasteiger partial charge is 0.329 e. The van der Waals surface area contributed by atoms with Crippen LogP contribution in [0.15, 0.2) is 73.1 Å². The van der Waals surface area contributed by atoms with Crippen LogP contribution in [0.3, 0.4) is 0 Å². The number of amides is 4. The fraction of sp³-hybridized carbons (Fsp3) is 0.606. The Balaban J connectivity index is 1.23. The van der Waals surface area contributed by atoms with E-state index in [-0.39, 0.29) is 62.2 Å². The van der Waals surface area contributed by atoms with Crippen molar-refractivity contribution in [1.82, 2.24) is 39.2 Å². The summed E-state index contributed by atoms with van der Waals surface area (Å²) < 4.78 is 28.4. The largest absolute Gasteiger partial charge is 0.451 e. The Labute approximate surface area is 507 Å². The summed E-state index contributed by atoms with van der Waals surface area (Å²) >= 11 is 0. The molecule has 0 N–H and O–H groups in total. The lowest BCUT2D eigenvalue weighted by atomic mass is 9.99. The van der Waals surface area contributed by atoms with Crippen molar-refractivity contribution < 1.29 is 57.3 Å². The predicted octanol–water partition coefficient (Wildman–Crippen LogP) is 7.91. The van der Waals surface area contributed by atoms with Crippen LogP contribution in [0.25, 0.3) is 0 Å². The number of rotatable bonds is 18. The second-order valence-corrected chi connectivity index (χ2v) is 25.8. The molecule has 2 aromatic heterocycles. The molecule has 3 fully saturated rings. The zero-order valence-corrected chi connectivity index (χ0v) is 53.0. The van der Waals surface area contributed by atoms with Gasteiger partial charge in [0.25, 0.3) is 23.6 Å². The summed E-state index contributed by atoms with van der Waals surface area (Å²) in [7, 11) is 5.63. The number of carbonyl (C=O) groups excluding carboxylic acids is 8. The van der Waals surface area contributed by atoms with Crippen LogP contribution in [0.4, 0.5) is 0 Å². The molecular weight excluding hydrogens is 1100 g/mol. The van der Waals surface area contributed by atoms with Crippen molar-refractivity contribution in [3.8, 4) is 0 Å². The molecule has 20 nitrogen and oxygen atoms in total. The van der Waals surface area contributed by atoms with Gasteiger partial charge in [-0.15, -0.1) is 0 Å². The van der Waals surface area contributed by atoms with E-state index >= 15 is 9.59 Å². The Morgan fingerprint density at radius 2 is 0.663 bits per heavy atom. The maximum Gasteiger partial charge on any atom is 0.329 e. The predicted molar refractivity (Wildman–Crippen MR) is 322 cm³/mol. The molecule has 1 saturated heterocycles. The highest BCUT2D eigenvalue weighted by Gasteiger charge is 2.43. The van der Waals surface area contributed by atoms with Gasteiger partial charge in [0.05, 0.1) is 13.1 Å². The standard InChI is InChI=1S/C66H92N8O12/c1-39(2)31-53-63(79)83-43(9)59(75)69(11)56(34-42(7)8)66(82)86-58(36-46-17-21-48(22-18-46)38-74-52(28-30-68-74)50-25-26-50)62(78)72(14)54(32-40(3)4)64(80)84-44(10)60(76)70(12)55(33-41(5)6)65(81)85-57(61(77)71(53)13)35-45-15-19-47(20-16-45)37-73-51(27-29-67-73)49-23-24-49/h15-22,27-30,39-44,49-50,53-58H,23-26,31-38H2,1-14H3/t43-,44-,53+,54+,55+,56+,57-,58-/m1/s1. The summed E-state index contributed by atoms with van der Waals surface area (Å²) in [6, 6.07) is 14.0. The van der Waals surface area contributed by atoms with Crippen LogP contribution < -0.4 is 0 Å². The maximum absolute atomic E-state index is 15.1. The van der Waals surface area contributed by atoms with E-state index in [1.165, 1.54) is 63.2 Å². The first-order valence-electron chi connectivity index (χ1n) is 30.8. The molecule has 2 aromatic carbocycles. The second-order valence-electron chi connectivity index (χ2n) is 25.8. The highest BCUT2D eigenvalue weighted by molar-refractivity contribution is 5.94. The number of carbonyl (C=O) groups is 8. The number of aromatic nitrogens is 4. The van der Waals surface area contributed by atoms with Gasteiger partial charge in [-0.3, -0.25) is 28.5 Å². The monoisotopic (exact) mass is 1190 g/mol. The molecule has 468 valence electrons. The van der Waals surface area contributed by atoms with Gasteiger partial charge in [0.2, 0.25) is 0 Å². The van der Waals surface area contributed by atoms with Gasteiger partial charge in [0.15, 0.2) is 24.4 Å². The Morgan fingerprint density at radius 3 is 0.942 bits per heavy atom. The van der Waals surface area contributed by atoms with Gasteiger partial charge in [-0.05, 0) is 123 Å². The highest BCUT2D eigenvalue weighted by atomic mass is 16.6. The van der Waals surface area contributed by atoms with E-state index in [4.69, 9.17) is 18.9 Å². The lowest BCUT2D eigenvalue weighted by Crippen LogP contribution is -2.55. The van der Waals surface area contributed by atoms with E-state index in [0.29, 0.717) is 36.1 Å². The number of cyclic esters (lactones) is 4. The van der Waals surface area contributed by atoms with E-state index in [2.05, 4.69) is 10.2 Å². The van der Waals surface area contributed by atoms with Crippen LogP contribution >= 0.6 is 0 Å². The van der Waals surface area contributed by atoms with Crippen molar-refractivity contribution in [3.63, 3.8) is 0 Å². The fourth-order valence-electron chi connectivity index (χ4n) is 11.2. The Kier molecular flexibility index (Phi) is 22.6. The molecule has 86 heavy (non-hydrogen) atoms. The molecule has 1 aliphatic heterocycles. The molecule has 3 aliphatic rings. The summed E-state index contributed by atoms with van der Waals surface area (Å²) in [5, 5.41) is 9.09. The molecule has 20 heteroatoms. The van der Waals surface area contributed by atoms with Crippen LogP contribution in [0.1, 0.15) is 166 Å². The second kappa shape index (κ2) is 29.3. The molecule has 0 radical (unpaired) electrons. The number of ether oxygens (including phenoxy) is 4. The molecule has 4 amide bonds. The lowest BCUT2D eigenvalue weighted by Gasteiger charge is -2.35. The van der Waals surface area contributed by atoms with Crippen molar-refractivity contribution in [2.24, 2.45) is 23.7 Å². The van der Waals surface area contributed by atoms with E-state index < -0.39 is 96.1 Å². The SMILES string of the molecule is CC(C)C[C@H]1C(=O)O[C@H](Cc2ccc(Cn3nccc3C3CC3)cc2)C(=O)N(C)[C@@H](CC(C)C)C(=O)O[C@H](C)C(=O)N(C)[C@@H](CC(C)C)C(=O)O[C@H](Cc2ccc(Cn3nccc3C3CC3)cc2)C(=O)N(C)[C@@H](CC(C)C)C(=O)O[C@H](C)C(=O)N1C. The van der Waals surface area contributed by atoms with Gasteiger partial charge in [-0.25, -0.2) is 19.2 Å². The third-order valence-electron chi connectivity index (χ3n) is 16.5. The molecule has 8 atom stereocenters. The molecule has 0 bridgehead atoms. The number of esters is 4. The van der Waals surface area contributed by atoms with Crippen LogP contribution in [-0.4, -0.2) is 163 Å². The Bertz CT molecular complexity index is 2780. The molecule has 7 rings (SSSR count). The topological polar surface area (TPSA) is 222 Å². The number of benzene rings is 2. The van der Waals surface area contributed by atoms with E-state index in [1.807, 2.05) is 125 Å². The van der Waals surface area contributed by atoms with Crippen LogP contribution in [0.2, 0.25) is 0 Å². The summed E-state index contributed by atoms with van der Waals surface area (Å²) in [5.74, 6) is -6.34. The zero-order chi connectivity index (χ0) is 62.8. The zero-order valence-electron chi connectivity index (χ0n) is 53.0. The quantitative estimate of drug-likeness (QED) is 0.0683. The molecular formula is C66H92N8O12. The van der Waals surface area contributed by atoms with Crippen molar-refractivity contribution in [1.29, 1.82) is 0 Å². The van der Waals surface area contributed by atoms with Gasteiger partial charge in [0.1, 0.15) is 24.2 Å². The minimum Gasteiger partial charge on any atom is -0.451 e. The average Bonchev–Trinajstić information content (AvgIpc) is 2.76. The molecule has 2 aliphatic carbocycles. The van der Waals surface area contributed by atoms with Gasteiger partial charge < -0.3 is 38.5 Å². The molecule has 3 heterocycles. The van der Waals surface area contributed by atoms with Crippen LogP contribution in [-0.2, 0) is 83.2 Å². The molecule has 0 unspecified atom stereocenters. The van der Waals surface area contributed by atoms with Crippen molar-refractivity contribution in [2.45, 2.75) is 207 Å². The normalized spacial score (nSPS) is 24.2. The first-order chi connectivity index (χ1) is 40.7. The van der Waals surface area contributed by atoms with Crippen molar-refractivity contribution >= 4 is 47.5 Å². The highest BCUT2D eigenvalue weighted by Crippen LogP contribution is 2.41. The fourth-order valence-corrected chi connectivity index (χ4v) is 11.2. The van der Waals surface area contributed by atoms with Gasteiger partial charge in [-0.2, -0.15) is 10.2 Å². The van der Waals surface area contributed by atoms with Crippen LogP contribution in [0, 0.1) is 23.7 Å². The number of hydrogen-bond donors (Lipinski definition) is 0. The number of nitrogens with zero attached hydrogens (tertiary/aromatic N) is 8. The lowest BCUT2D eigenvalue weighted by molar-refractivity contribution is -0.176. The van der Waals surface area contributed by atoms with E-state index in [1.54, 1.807) is 12.4 Å². The van der Waals surface area contributed by atoms with Gasteiger partial charge in [0, 0.05) is 76.6 Å². The minimum absolute atomic E-state index is 0.0892. The van der Waals surface area contributed by atoms with Crippen molar-refractivity contribution in [2.75, 3.05) is 28.2 Å². The molecule has 0 spiro atoms. The number of likely N-dealkylation sites (N-methyl/N-ethyl adjacent to an activating group) is 4. The van der Waals surface area contributed by atoms with Gasteiger partial charge in [-0.1, -0.05) is 104 Å². The van der Waals surface area contributed by atoms with Gasteiger partial charge >= 0.3 is 23.9 Å². The number of hydrogen-bond acceptors (Lipinski definition) is 14. The summed E-state index contributed by atoms with van der Waals surface area (Å²) in [5.41, 5.74) is 5.54. The Hall–Kier alpha value is -7.38. The van der Waals surface area contributed by atoms with E-state index in [0.717, 1.165) is 46.6 Å². The summed E-state index contributed by atoms with van der Waals surface area (Å²) in [6.45, 7) is 18.7. The first-order valence-corrected chi connectivity index (χ1v) is 30.8. The first kappa shape index (κ1) is 66.2.